The van der Waals surface area contributed by atoms with E-state index in [9.17, 15) is 55.9 Å². The van der Waals surface area contributed by atoms with Gasteiger partial charge in [-0.3, -0.25) is 0 Å². The molecule has 17 heteroatoms. The molecule has 3 fully saturated rings. The SMILES string of the molecule is COC(=O)[C@H]1O[C@@H](O)[C@H](O[C@@H]2O[C@H](CO)[C@@H](O)[C@H](O)[C@H]2O)[C@@H](O[C@@H]2O[C@H](CO)[C@@H](O)[C@H](O)[C@H]2O)[C@@H]1O. The molecule has 0 amide bonds. The standard InChI is InChI=1S/C19H32O17/c1-31-16(29)14-12(28)13(35-18-10(26)8(24)6(22)4(2-20)32-18)15(17(30)34-14)36-19-11(27)9(25)7(23)5(3-21)33-19/h4-15,17-28,30H,2-3H2,1H3/t4-,5-,6-,7-,8+,9+,10-,11-,12+,13+,14+,15-,17-,18+,19+/m1/s1. The van der Waals surface area contributed by atoms with E-state index in [2.05, 4.69) is 4.74 Å². The molecule has 3 heterocycles. The molecule has 0 spiro atoms. The third-order valence-electron chi connectivity index (χ3n) is 6.25. The smallest absolute Gasteiger partial charge is 0.337 e. The monoisotopic (exact) mass is 532 g/mol. The molecule has 0 aromatic carbocycles. The van der Waals surface area contributed by atoms with E-state index in [1.54, 1.807) is 0 Å². The third-order valence-corrected chi connectivity index (χ3v) is 6.25. The zero-order valence-corrected chi connectivity index (χ0v) is 18.9. The van der Waals surface area contributed by atoms with E-state index in [1.807, 2.05) is 0 Å². The number of methoxy groups -OCH3 is 1. The fourth-order valence-electron chi connectivity index (χ4n) is 4.12. The minimum Gasteiger partial charge on any atom is -0.467 e. The lowest BCUT2D eigenvalue weighted by atomic mass is 9.96. The maximum atomic E-state index is 12.1. The topological polar surface area (TPSA) is 275 Å². The van der Waals surface area contributed by atoms with Gasteiger partial charge in [-0.1, -0.05) is 0 Å². The van der Waals surface area contributed by atoms with Crippen LogP contribution >= 0.6 is 0 Å². The van der Waals surface area contributed by atoms with Crippen molar-refractivity contribution < 1.29 is 84.3 Å². The zero-order valence-electron chi connectivity index (χ0n) is 18.9. The first-order valence-corrected chi connectivity index (χ1v) is 11.0. The number of esters is 1. The molecule has 10 N–H and O–H groups in total. The normalized spacial score (nSPS) is 50.0. The molecule has 0 aromatic heterocycles. The highest BCUT2D eigenvalue weighted by Gasteiger charge is 2.55. The predicted molar refractivity (Wildman–Crippen MR) is 106 cm³/mol. The number of ether oxygens (including phenoxy) is 6. The van der Waals surface area contributed by atoms with Gasteiger partial charge in [0.15, 0.2) is 25.0 Å². The summed E-state index contributed by atoms with van der Waals surface area (Å²) in [6.07, 6.45) is -27.2. The van der Waals surface area contributed by atoms with Crippen molar-refractivity contribution in [1.29, 1.82) is 0 Å². The minimum atomic E-state index is -2.10. The van der Waals surface area contributed by atoms with Crippen LogP contribution in [-0.4, -0.2) is 169 Å². The van der Waals surface area contributed by atoms with Crippen molar-refractivity contribution in [3.8, 4) is 0 Å². The number of rotatable bonds is 7. The average Bonchev–Trinajstić information content (AvgIpc) is 2.87. The average molecular weight is 532 g/mol. The molecule has 0 saturated carbocycles. The summed E-state index contributed by atoms with van der Waals surface area (Å²) in [4.78, 5) is 12.1. The van der Waals surface area contributed by atoms with Gasteiger partial charge in [-0.2, -0.15) is 0 Å². The van der Waals surface area contributed by atoms with Crippen molar-refractivity contribution in [2.75, 3.05) is 20.3 Å². The second-order valence-corrected chi connectivity index (χ2v) is 8.56. The van der Waals surface area contributed by atoms with Crippen molar-refractivity contribution in [3.05, 3.63) is 0 Å². The summed E-state index contributed by atoms with van der Waals surface area (Å²) < 4.78 is 31.0. The lowest BCUT2D eigenvalue weighted by Crippen LogP contribution is -2.67. The number of aliphatic hydroxyl groups excluding tert-OH is 10. The van der Waals surface area contributed by atoms with Crippen LogP contribution in [0.1, 0.15) is 0 Å². The molecule has 0 radical (unpaired) electrons. The molecule has 0 unspecified atom stereocenters. The fraction of sp³-hybridized carbons (Fsp3) is 0.947. The Morgan fingerprint density at radius 3 is 1.50 bits per heavy atom. The first kappa shape index (κ1) is 29.4. The van der Waals surface area contributed by atoms with E-state index < -0.39 is 111 Å². The largest absolute Gasteiger partial charge is 0.467 e. The lowest BCUT2D eigenvalue weighted by molar-refractivity contribution is -0.384. The molecule has 3 aliphatic heterocycles. The molecular formula is C19H32O17. The summed E-state index contributed by atoms with van der Waals surface area (Å²) in [6.45, 7) is -1.61. The van der Waals surface area contributed by atoms with Gasteiger partial charge in [-0.25, -0.2) is 4.79 Å². The Morgan fingerprint density at radius 2 is 1.08 bits per heavy atom. The number of carbonyl (C=O) groups is 1. The van der Waals surface area contributed by atoms with Crippen LogP contribution in [0.2, 0.25) is 0 Å². The van der Waals surface area contributed by atoms with E-state index in [1.165, 1.54) is 0 Å². The van der Waals surface area contributed by atoms with Gasteiger partial charge in [-0.05, 0) is 0 Å². The van der Waals surface area contributed by atoms with E-state index >= 15 is 0 Å². The molecule has 15 atom stereocenters. The van der Waals surface area contributed by atoms with Gasteiger partial charge >= 0.3 is 5.97 Å². The van der Waals surface area contributed by atoms with E-state index in [0.29, 0.717) is 0 Å². The summed E-state index contributed by atoms with van der Waals surface area (Å²) >= 11 is 0. The number of carbonyl (C=O) groups excluding carboxylic acids is 1. The van der Waals surface area contributed by atoms with Crippen LogP contribution in [0.4, 0.5) is 0 Å². The van der Waals surface area contributed by atoms with Gasteiger partial charge < -0.3 is 79.5 Å². The Labute approximate surface area is 203 Å². The third kappa shape index (κ3) is 5.65. The van der Waals surface area contributed by atoms with Crippen LogP contribution < -0.4 is 0 Å². The first-order chi connectivity index (χ1) is 17.0. The Balaban J connectivity index is 1.88. The maximum absolute atomic E-state index is 12.1. The van der Waals surface area contributed by atoms with Crippen LogP contribution in [0.5, 0.6) is 0 Å². The molecule has 36 heavy (non-hydrogen) atoms. The Morgan fingerprint density at radius 1 is 0.639 bits per heavy atom. The molecule has 210 valence electrons. The van der Waals surface area contributed by atoms with Crippen molar-refractivity contribution in [2.24, 2.45) is 0 Å². The molecule has 3 aliphatic rings. The summed E-state index contributed by atoms with van der Waals surface area (Å²) in [5.74, 6) is -1.14. The lowest BCUT2D eigenvalue weighted by Gasteiger charge is -2.47. The van der Waals surface area contributed by atoms with Crippen LogP contribution in [-0.2, 0) is 33.2 Å². The molecule has 17 nitrogen and oxygen atoms in total. The quantitative estimate of drug-likeness (QED) is 0.136. The van der Waals surface area contributed by atoms with Gasteiger partial charge in [0.1, 0.15) is 67.1 Å². The Kier molecular flexibility index (Phi) is 9.94. The highest BCUT2D eigenvalue weighted by Crippen LogP contribution is 2.33. The second kappa shape index (κ2) is 12.2. The minimum absolute atomic E-state index is 0.799. The second-order valence-electron chi connectivity index (χ2n) is 8.56. The Hall–Kier alpha value is -1.13. The zero-order chi connectivity index (χ0) is 26.9. The molecule has 0 aliphatic carbocycles. The van der Waals surface area contributed by atoms with Crippen LogP contribution in [0.15, 0.2) is 0 Å². The summed E-state index contributed by atoms with van der Waals surface area (Å²) in [6, 6.07) is 0. The van der Waals surface area contributed by atoms with Gasteiger partial charge in [0.05, 0.1) is 20.3 Å². The first-order valence-electron chi connectivity index (χ1n) is 11.0. The van der Waals surface area contributed by atoms with Crippen molar-refractivity contribution in [2.45, 2.75) is 92.1 Å². The molecule has 0 bridgehead atoms. The fourth-order valence-corrected chi connectivity index (χ4v) is 4.12. The van der Waals surface area contributed by atoms with Gasteiger partial charge in [-0.15, -0.1) is 0 Å². The van der Waals surface area contributed by atoms with E-state index in [4.69, 9.17) is 23.7 Å². The van der Waals surface area contributed by atoms with Crippen LogP contribution in [0.25, 0.3) is 0 Å². The summed E-state index contributed by atoms with van der Waals surface area (Å²) in [7, 11) is 0.967. The molecule has 0 aromatic rings. The van der Waals surface area contributed by atoms with Crippen molar-refractivity contribution in [1.82, 2.24) is 0 Å². The van der Waals surface area contributed by atoms with Crippen molar-refractivity contribution >= 4 is 5.97 Å². The summed E-state index contributed by atoms with van der Waals surface area (Å²) in [5, 5.41) is 101. The summed E-state index contributed by atoms with van der Waals surface area (Å²) in [5.41, 5.74) is 0. The van der Waals surface area contributed by atoms with E-state index in [-0.39, 0.29) is 0 Å². The number of aliphatic hydroxyl groups is 10. The van der Waals surface area contributed by atoms with Crippen LogP contribution in [0.3, 0.4) is 0 Å². The number of hydrogen-bond acceptors (Lipinski definition) is 17. The number of hydrogen-bond donors (Lipinski definition) is 10. The molecular weight excluding hydrogens is 500 g/mol. The molecule has 3 saturated heterocycles. The Bertz CT molecular complexity index is 722. The van der Waals surface area contributed by atoms with Gasteiger partial charge in [0, 0.05) is 0 Å². The van der Waals surface area contributed by atoms with Gasteiger partial charge in [0.2, 0.25) is 0 Å². The van der Waals surface area contributed by atoms with E-state index in [0.717, 1.165) is 7.11 Å². The van der Waals surface area contributed by atoms with Gasteiger partial charge in [0.25, 0.3) is 0 Å². The highest BCUT2D eigenvalue weighted by molar-refractivity contribution is 5.75. The highest BCUT2D eigenvalue weighted by atomic mass is 16.8. The predicted octanol–water partition coefficient (Wildman–Crippen LogP) is -7.39. The molecule has 3 rings (SSSR count). The van der Waals surface area contributed by atoms with Crippen molar-refractivity contribution in [3.63, 3.8) is 0 Å². The van der Waals surface area contributed by atoms with Crippen LogP contribution in [0, 0.1) is 0 Å². The maximum Gasteiger partial charge on any atom is 0.337 e.